The second-order valence-electron chi connectivity index (χ2n) is 6.06. The Labute approximate surface area is 143 Å². The summed E-state index contributed by atoms with van der Waals surface area (Å²) in [5, 5.41) is 0. The minimum Gasteiger partial charge on any atom is -0.747 e. The summed E-state index contributed by atoms with van der Waals surface area (Å²) >= 11 is 0. The highest BCUT2D eigenvalue weighted by molar-refractivity contribution is 7.85. The minimum absolute atomic E-state index is 0.137. The van der Waals surface area contributed by atoms with Crippen LogP contribution in [0.3, 0.4) is 0 Å². The number of benzene rings is 2. The van der Waals surface area contributed by atoms with Crippen molar-refractivity contribution in [3.63, 3.8) is 0 Å². The Morgan fingerprint density at radius 1 is 0.833 bits per heavy atom. The summed E-state index contributed by atoms with van der Waals surface area (Å²) in [7, 11) is -4.21. The molecule has 0 amide bonds. The monoisotopic (exact) mass is 345 g/mol. The van der Waals surface area contributed by atoms with Crippen LogP contribution in [0, 0.1) is 0 Å². The number of piperazine rings is 1. The lowest BCUT2D eigenvalue weighted by Crippen LogP contribution is -2.49. The quantitative estimate of drug-likeness (QED) is 0.775. The molecule has 0 radical (unpaired) electrons. The molecule has 0 unspecified atom stereocenters. The molecule has 0 atom stereocenters. The lowest BCUT2D eigenvalue weighted by Gasteiger charge is -2.40. The highest BCUT2D eigenvalue weighted by atomic mass is 32.2. The smallest absolute Gasteiger partial charge is 0.108 e. The highest BCUT2D eigenvalue weighted by Crippen LogP contribution is 2.29. The maximum Gasteiger partial charge on any atom is 0.108 e. The van der Waals surface area contributed by atoms with Gasteiger partial charge in [0.25, 0.3) is 0 Å². The standard InChI is InChI=1S/C18H22N2O3S/c21-24(22,23)15-19-11-13-20(14-12-19)18(16-7-3-1-4-8-16)17-9-5-2-6-10-17/h1-10,18H,11-15H2,(H,21,22,23)/p-1. The van der Waals surface area contributed by atoms with Gasteiger partial charge in [-0.25, -0.2) is 8.42 Å². The molecule has 128 valence electrons. The van der Waals surface area contributed by atoms with Crippen LogP contribution in [0.25, 0.3) is 0 Å². The molecule has 2 aromatic carbocycles. The topological polar surface area (TPSA) is 63.7 Å². The average molecular weight is 345 g/mol. The predicted molar refractivity (Wildman–Crippen MR) is 92.4 cm³/mol. The van der Waals surface area contributed by atoms with E-state index in [2.05, 4.69) is 29.2 Å². The fraction of sp³-hybridized carbons (Fsp3) is 0.333. The van der Waals surface area contributed by atoms with E-state index in [-0.39, 0.29) is 6.04 Å². The van der Waals surface area contributed by atoms with Crippen molar-refractivity contribution < 1.29 is 13.0 Å². The van der Waals surface area contributed by atoms with Crippen molar-refractivity contribution in [2.24, 2.45) is 0 Å². The number of hydrogen-bond acceptors (Lipinski definition) is 5. The Kier molecular flexibility index (Phi) is 5.30. The van der Waals surface area contributed by atoms with Gasteiger partial charge in [0.15, 0.2) is 0 Å². The number of nitrogens with zero attached hydrogens (tertiary/aromatic N) is 2. The van der Waals surface area contributed by atoms with Crippen molar-refractivity contribution in [3.05, 3.63) is 71.8 Å². The van der Waals surface area contributed by atoms with Crippen molar-refractivity contribution >= 4 is 10.1 Å². The van der Waals surface area contributed by atoms with Gasteiger partial charge in [-0.15, -0.1) is 0 Å². The van der Waals surface area contributed by atoms with Gasteiger partial charge >= 0.3 is 0 Å². The fourth-order valence-electron chi connectivity index (χ4n) is 3.26. The molecule has 5 nitrogen and oxygen atoms in total. The van der Waals surface area contributed by atoms with Crippen LogP contribution < -0.4 is 0 Å². The van der Waals surface area contributed by atoms with E-state index < -0.39 is 16.0 Å². The summed E-state index contributed by atoms with van der Waals surface area (Å²) in [5.74, 6) is -0.401. The Morgan fingerprint density at radius 2 is 1.29 bits per heavy atom. The Hall–Kier alpha value is -1.73. The first-order valence-corrected chi connectivity index (χ1v) is 9.60. The van der Waals surface area contributed by atoms with Crippen molar-refractivity contribution in [1.82, 2.24) is 9.80 Å². The zero-order valence-corrected chi connectivity index (χ0v) is 14.2. The van der Waals surface area contributed by atoms with E-state index in [0.717, 1.165) is 13.1 Å². The molecule has 6 heteroatoms. The summed E-state index contributed by atoms with van der Waals surface area (Å²) in [6.45, 7) is 2.61. The van der Waals surface area contributed by atoms with Crippen LogP contribution in [0.1, 0.15) is 17.2 Å². The molecular formula is C18H21N2O3S-. The minimum atomic E-state index is -4.21. The first kappa shape index (κ1) is 17.1. The first-order valence-electron chi connectivity index (χ1n) is 8.03. The Balaban J connectivity index is 1.78. The van der Waals surface area contributed by atoms with Gasteiger partial charge in [0.1, 0.15) is 10.1 Å². The third-order valence-electron chi connectivity index (χ3n) is 4.34. The van der Waals surface area contributed by atoms with Crippen LogP contribution in [0.4, 0.5) is 0 Å². The van der Waals surface area contributed by atoms with E-state index in [0.29, 0.717) is 13.1 Å². The molecule has 3 rings (SSSR count). The molecule has 1 fully saturated rings. The molecule has 1 aliphatic heterocycles. The molecule has 0 saturated carbocycles. The molecule has 1 heterocycles. The molecule has 0 spiro atoms. The van der Waals surface area contributed by atoms with Gasteiger partial charge in [-0.1, -0.05) is 60.7 Å². The highest BCUT2D eigenvalue weighted by Gasteiger charge is 2.26. The third-order valence-corrected chi connectivity index (χ3v) is 5.02. The summed E-state index contributed by atoms with van der Waals surface area (Å²) in [6.07, 6.45) is 0. The zero-order valence-electron chi connectivity index (χ0n) is 13.4. The molecule has 1 saturated heterocycles. The summed E-state index contributed by atoms with van der Waals surface area (Å²) in [5.41, 5.74) is 2.43. The summed E-state index contributed by atoms with van der Waals surface area (Å²) < 4.78 is 32.8. The van der Waals surface area contributed by atoms with E-state index in [4.69, 9.17) is 0 Å². The van der Waals surface area contributed by atoms with E-state index >= 15 is 0 Å². The molecule has 24 heavy (non-hydrogen) atoms. The van der Waals surface area contributed by atoms with Gasteiger partial charge in [-0.2, -0.15) is 0 Å². The SMILES string of the molecule is O=S(=O)([O-])CN1CCN(C(c2ccccc2)c2ccccc2)CC1. The van der Waals surface area contributed by atoms with Crippen LogP contribution in [-0.2, 0) is 10.1 Å². The summed E-state index contributed by atoms with van der Waals surface area (Å²) in [6, 6.07) is 20.7. The van der Waals surface area contributed by atoms with Crippen molar-refractivity contribution in [3.8, 4) is 0 Å². The maximum absolute atomic E-state index is 10.9. The van der Waals surface area contributed by atoms with E-state index in [1.54, 1.807) is 4.90 Å². The van der Waals surface area contributed by atoms with Gasteiger partial charge in [-0.3, -0.25) is 9.80 Å². The molecule has 0 bridgehead atoms. The number of rotatable bonds is 5. The van der Waals surface area contributed by atoms with Gasteiger partial charge in [0.05, 0.1) is 11.9 Å². The maximum atomic E-state index is 10.9. The van der Waals surface area contributed by atoms with Gasteiger partial charge in [0.2, 0.25) is 0 Å². The normalized spacial score (nSPS) is 17.2. The molecule has 0 aromatic heterocycles. The van der Waals surface area contributed by atoms with Crippen molar-refractivity contribution in [1.29, 1.82) is 0 Å². The average Bonchev–Trinajstić information content (AvgIpc) is 2.57. The largest absolute Gasteiger partial charge is 0.747 e. The summed E-state index contributed by atoms with van der Waals surface area (Å²) in [4.78, 5) is 4.06. The van der Waals surface area contributed by atoms with Crippen LogP contribution >= 0.6 is 0 Å². The zero-order chi connectivity index (χ0) is 17.0. The van der Waals surface area contributed by atoms with Crippen LogP contribution in [0.2, 0.25) is 0 Å². The molecule has 0 N–H and O–H groups in total. The third kappa shape index (κ3) is 4.42. The van der Waals surface area contributed by atoms with Crippen LogP contribution in [0.5, 0.6) is 0 Å². The van der Waals surface area contributed by atoms with E-state index in [9.17, 15) is 13.0 Å². The van der Waals surface area contributed by atoms with E-state index in [1.807, 2.05) is 36.4 Å². The Bertz CT molecular complexity index is 703. The van der Waals surface area contributed by atoms with Crippen LogP contribution in [0.15, 0.2) is 60.7 Å². The lowest BCUT2D eigenvalue weighted by molar-refractivity contribution is 0.120. The fourth-order valence-corrected chi connectivity index (χ4v) is 3.96. The van der Waals surface area contributed by atoms with Crippen LogP contribution in [-0.4, -0.2) is 54.8 Å². The van der Waals surface area contributed by atoms with E-state index in [1.165, 1.54) is 11.1 Å². The lowest BCUT2D eigenvalue weighted by atomic mass is 9.96. The van der Waals surface area contributed by atoms with Gasteiger partial charge < -0.3 is 4.55 Å². The first-order chi connectivity index (χ1) is 11.5. The molecule has 1 aliphatic rings. The van der Waals surface area contributed by atoms with Crippen molar-refractivity contribution in [2.45, 2.75) is 6.04 Å². The second kappa shape index (κ2) is 7.44. The molecule has 0 aliphatic carbocycles. The van der Waals surface area contributed by atoms with Gasteiger partial charge in [0, 0.05) is 26.2 Å². The molecule has 2 aromatic rings. The predicted octanol–water partition coefficient (Wildman–Crippen LogP) is 1.90. The number of hydrogen-bond donors (Lipinski definition) is 0. The Morgan fingerprint density at radius 3 is 1.71 bits per heavy atom. The van der Waals surface area contributed by atoms with Crippen molar-refractivity contribution in [2.75, 3.05) is 32.1 Å². The van der Waals surface area contributed by atoms with Gasteiger partial charge in [-0.05, 0) is 11.1 Å². The second-order valence-corrected chi connectivity index (χ2v) is 7.44. The molecular weight excluding hydrogens is 324 g/mol.